The maximum Gasteiger partial charge on any atom is 0.343 e. The van der Waals surface area contributed by atoms with Crippen molar-refractivity contribution in [2.75, 3.05) is 7.11 Å². The zero-order valence-corrected chi connectivity index (χ0v) is 20.5. The van der Waals surface area contributed by atoms with Crippen LogP contribution in [0.3, 0.4) is 0 Å². The van der Waals surface area contributed by atoms with Crippen LogP contribution < -0.4 is 0 Å². The first-order chi connectivity index (χ1) is 13.6. The van der Waals surface area contributed by atoms with E-state index in [-0.39, 0.29) is 5.97 Å². The van der Waals surface area contributed by atoms with Crippen LogP contribution in [-0.2, 0) is 14.3 Å². The van der Waals surface area contributed by atoms with Crippen LogP contribution >= 0.6 is 23.2 Å². The van der Waals surface area contributed by atoms with E-state index in [2.05, 4.69) is 27.7 Å². The van der Waals surface area contributed by atoms with Crippen LogP contribution in [0.15, 0.2) is 24.0 Å². The topological polar surface area (TPSA) is 35.5 Å². The van der Waals surface area contributed by atoms with E-state index in [1.54, 1.807) is 25.3 Å². The number of rotatable bonds is 2. The fourth-order valence-electron chi connectivity index (χ4n) is 3.26. The van der Waals surface area contributed by atoms with Gasteiger partial charge in [-0.25, -0.2) is 4.79 Å². The molecular formula is C24H36Cl2O3. The van der Waals surface area contributed by atoms with E-state index in [0.717, 1.165) is 32.1 Å². The number of ether oxygens (including phenoxy) is 2. The minimum Gasteiger partial charge on any atom is -0.496 e. The van der Waals surface area contributed by atoms with Gasteiger partial charge < -0.3 is 9.47 Å². The number of halogens is 2. The molecule has 1 aliphatic carbocycles. The molecular weight excluding hydrogens is 407 g/mol. The summed E-state index contributed by atoms with van der Waals surface area (Å²) in [5.41, 5.74) is 0.981. The molecule has 1 fully saturated rings. The summed E-state index contributed by atoms with van der Waals surface area (Å²) in [4.78, 5) is 12.4. The fourth-order valence-corrected chi connectivity index (χ4v) is 3.76. The van der Waals surface area contributed by atoms with Gasteiger partial charge >= 0.3 is 5.97 Å². The van der Waals surface area contributed by atoms with Gasteiger partial charge in [0.2, 0.25) is 0 Å². The molecule has 0 bridgehead atoms. The summed E-state index contributed by atoms with van der Waals surface area (Å²) in [5.74, 6) is 0.245. The van der Waals surface area contributed by atoms with Crippen LogP contribution in [0, 0.1) is 5.41 Å². The van der Waals surface area contributed by atoms with Gasteiger partial charge in [0.05, 0.1) is 12.1 Å². The summed E-state index contributed by atoms with van der Waals surface area (Å²) >= 11 is 12.2. The SMILES string of the molecule is CC.CCC(C)(C)C.COC1=C(c2ccc(Cl)cc2Cl)C(=O)OC12CCCCC2. The van der Waals surface area contributed by atoms with Gasteiger partial charge in [-0.05, 0) is 43.2 Å². The number of methoxy groups -OCH3 is 1. The second kappa shape index (κ2) is 11.3. The van der Waals surface area contributed by atoms with Crippen molar-refractivity contribution < 1.29 is 14.3 Å². The Kier molecular flexibility index (Phi) is 10.0. The third-order valence-electron chi connectivity index (χ3n) is 5.26. The number of esters is 1. The van der Waals surface area contributed by atoms with Gasteiger partial charge in [0.15, 0.2) is 11.4 Å². The highest BCUT2D eigenvalue weighted by Crippen LogP contribution is 2.47. The van der Waals surface area contributed by atoms with Gasteiger partial charge in [-0.15, -0.1) is 0 Å². The first-order valence-electron chi connectivity index (χ1n) is 10.6. The molecule has 29 heavy (non-hydrogen) atoms. The van der Waals surface area contributed by atoms with Crippen molar-refractivity contribution in [2.24, 2.45) is 5.41 Å². The van der Waals surface area contributed by atoms with Crippen LogP contribution in [0.25, 0.3) is 5.57 Å². The van der Waals surface area contributed by atoms with Gasteiger partial charge in [0.25, 0.3) is 0 Å². The normalized spacial score (nSPS) is 17.8. The molecule has 5 heteroatoms. The second-order valence-corrected chi connectivity index (χ2v) is 9.23. The van der Waals surface area contributed by atoms with Gasteiger partial charge in [-0.3, -0.25) is 0 Å². The van der Waals surface area contributed by atoms with Gasteiger partial charge in [-0.1, -0.05) is 83.7 Å². The predicted molar refractivity (Wildman–Crippen MR) is 123 cm³/mol. The number of carbonyl (C=O) groups excluding carboxylic acids is 1. The maximum atomic E-state index is 12.4. The largest absolute Gasteiger partial charge is 0.496 e. The summed E-state index contributed by atoms with van der Waals surface area (Å²) in [6.45, 7) is 12.9. The molecule has 0 amide bonds. The lowest BCUT2D eigenvalue weighted by atomic mass is 9.82. The monoisotopic (exact) mass is 442 g/mol. The third-order valence-corrected chi connectivity index (χ3v) is 5.81. The molecule has 3 rings (SSSR count). The van der Waals surface area contributed by atoms with Crippen molar-refractivity contribution in [1.29, 1.82) is 0 Å². The highest BCUT2D eigenvalue weighted by atomic mass is 35.5. The van der Waals surface area contributed by atoms with Crippen LogP contribution in [-0.4, -0.2) is 18.7 Å². The molecule has 3 nitrogen and oxygen atoms in total. The van der Waals surface area contributed by atoms with Crippen molar-refractivity contribution >= 4 is 34.7 Å². The molecule has 1 aliphatic heterocycles. The van der Waals surface area contributed by atoms with Crippen molar-refractivity contribution in [3.05, 3.63) is 39.6 Å². The number of carbonyl (C=O) groups is 1. The van der Waals surface area contributed by atoms with E-state index in [1.807, 2.05) is 13.8 Å². The summed E-state index contributed by atoms with van der Waals surface area (Å²) in [7, 11) is 1.58. The Bertz CT molecular complexity index is 711. The molecule has 0 N–H and O–H groups in total. The smallest absolute Gasteiger partial charge is 0.343 e. The van der Waals surface area contributed by atoms with Crippen LogP contribution in [0.2, 0.25) is 10.0 Å². The Morgan fingerprint density at radius 3 is 2.10 bits per heavy atom. The van der Waals surface area contributed by atoms with E-state index >= 15 is 0 Å². The molecule has 1 saturated carbocycles. The molecule has 2 aliphatic rings. The summed E-state index contributed by atoms with van der Waals surface area (Å²) in [6, 6.07) is 5.07. The third kappa shape index (κ3) is 6.65. The summed E-state index contributed by atoms with van der Waals surface area (Å²) < 4.78 is 11.3. The average molecular weight is 443 g/mol. The lowest BCUT2D eigenvalue weighted by Crippen LogP contribution is -2.35. The quantitative estimate of drug-likeness (QED) is 0.434. The number of hydrogen-bond donors (Lipinski definition) is 0. The standard InChI is InChI=1S/C16H16Cl2O3.C6H14.C2H6/c1-20-14-13(11-6-5-10(17)9-12(11)18)15(19)21-16(14)7-3-2-4-8-16;1-5-6(2,3)4;1-2/h5-6,9H,2-4,7-8H2,1H3;5H2,1-4H3;1-2H3. The Morgan fingerprint density at radius 1 is 1.10 bits per heavy atom. The minimum atomic E-state index is -0.609. The van der Waals surface area contributed by atoms with Crippen LogP contribution in [0.4, 0.5) is 0 Å². The van der Waals surface area contributed by atoms with Gasteiger partial charge in [-0.2, -0.15) is 0 Å². The zero-order chi connectivity index (χ0) is 22.2. The van der Waals surface area contributed by atoms with Crippen molar-refractivity contribution in [3.8, 4) is 0 Å². The van der Waals surface area contributed by atoms with E-state index in [0.29, 0.717) is 32.4 Å². The summed E-state index contributed by atoms with van der Waals surface area (Å²) in [5, 5.41) is 0.957. The molecule has 164 valence electrons. The molecule has 0 radical (unpaired) electrons. The zero-order valence-electron chi connectivity index (χ0n) is 19.0. The molecule has 0 aromatic heterocycles. The van der Waals surface area contributed by atoms with Crippen LogP contribution in [0.1, 0.15) is 85.6 Å². The molecule has 0 atom stereocenters. The molecule has 1 aromatic rings. The Morgan fingerprint density at radius 2 is 1.66 bits per heavy atom. The number of hydrogen-bond acceptors (Lipinski definition) is 3. The molecule has 1 heterocycles. The van der Waals surface area contributed by atoms with Gasteiger partial charge in [0.1, 0.15) is 5.57 Å². The van der Waals surface area contributed by atoms with E-state index < -0.39 is 5.60 Å². The lowest BCUT2D eigenvalue weighted by molar-refractivity contribution is -0.149. The molecule has 0 unspecified atom stereocenters. The van der Waals surface area contributed by atoms with Gasteiger partial charge in [0, 0.05) is 10.6 Å². The lowest BCUT2D eigenvalue weighted by Gasteiger charge is -2.33. The molecule has 0 saturated heterocycles. The Labute approximate surface area is 186 Å². The van der Waals surface area contributed by atoms with E-state index in [1.165, 1.54) is 6.42 Å². The van der Waals surface area contributed by atoms with E-state index in [9.17, 15) is 4.79 Å². The minimum absolute atomic E-state index is 0.363. The first-order valence-corrected chi connectivity index (χ1v) is 11.4. The average Bonchev–Trinajstić information content (AvgIpc) is 2.94. The predicted octanol–water partition coefficient (Wildman–Crippen LogP) is 8.08. The maximum absolute atomic E-state index is 12.4. The molecule has 1 spiro atoms. The van der Waals surface area contributed by atoms with Crippen LogP contribution in [0.5, 0.6) is 0 Å². The van der Waals surface area contributed by atoms with Crippen molar-refractivity contribution in [1.82, 2.24) is 0 Å². The Hall–Kier alpha value is -1.19. The second-order valence-electron chi connectivity index (χ2n) is 8.39. The summed E-state index contributed by atoms with van der Waals surface area (Å²) in [6.07, 6.45) is 6.09. The number of benzene rings is 1. The van der Waals surface area contributed by atoms with Crippen molar-refractivity contribution in [3.63, 3.8) is 0 Å². The highest BCUT2D eigenvalue weighted by Gasteiger charge is 2.50. The Balaban J connectivity index is 0.000000454. The van der Waals surface area contributed by atoms with E-state index in [4.69, 9.17) is 32.7 Å². The highest BCUT2D eigenvalue weighted by molar-refractivity contribution is 6.37. The molecule has 1 aromatic carbocycles. The van der Waals surface area contributed by atoms with Crippen molar-refractivity contribution in [2.45, 2.75) is 85.7 Å². The first kappa shape index (κ1) is 25.8. The fraction of sp³-hybridized carbons (Fsp3) is 0.625.